The molecule has 2 aliphatic rings. The highest BCUT2D eigenvalue weighted by atomic mass is 32.2. The number of carbonyl (C=O) groups excluding carboxylic acids is 2. The zero-order valence-electron chi connectivity index (χ0n) is 9.54. The molecule has 0 aliphatic carbocycles. The number of carboxylic acid groups (broad SMARTS) is 1. The van der Waals surface area contributed by atoms with E-state index in [1.807, 2.05) is 0 Å². The second-order valence-electron chi connectivity index (χ2n) is 3.58. The van der Waals surface area contributed by atoms with Crippen molar-refractivity contribution in [2.24, 2.45) is 0 Å². The number of thioether (sulfide) groups is 2. The lowest BCUT2D eigenvalue weighted by Crippen LogP contribution is -2.48. The fraction of sp³-hybridized carbons (Fsp3) is 0.500. The lowest BCUT2D eigenvalue weighted by Gasteiger charge is -2.33. The van der Waals surface area contributed by atoms with Crippen LogP contribution in [-0.2, 0) is 19.1 Å². The number of esters is 1. The maximum Gasteiger partial charge on any atom is 0.354 e. The number of aliphatic carboxylic acids is 1. The van der Waals surface area contributed by atoms with Gasteiger partial charge in [0.2, 0.25) is 5.91 Å². The number of amides is 1. The largest absolute Gasteiger partial charge is 0.477 e. The summed E-state index contributed by atoms with van der Waals surface area (Å²) in [4.78, 5) is 34.9. The Morgan fingerprint density at radius 1 is 1.61 bits per heavy atom. The van der Waals surface area contributed by atoms with Crippen molar-refractivity contribution in [1.29, 1.82) is 0 Å². The van der Waals surface area contributed by atoms with Crippen LogP contribution in [0.4, 0.5) is 0 Å². The van der Waals surface area contributed by atoms with E-state index in [0.29, 0.717) is 17.3 Å². The molecule has 0 saturated carbocycles. The van der Waals surface area contributed by atoms with E-state index in [2.05, 4.69) is 0 Å². The van der Waals surface area contributed by atoms with Crippen molar-refractivity contribution in [3.05, 3.63) is 9.93 Å². The van der Waals surface area contributed by atoms with E-state index < -0.39 is 5.97 Å². The fourth-order valence-electron chi connectivity index (χ4n) is 1.65. The van der Waals surface area contributed by atoms with E-state index in [4.69, 9.17) is 9.84 Å². The van der Waals surface area contributed by atoms with Gasteiger partial charge in [-0.05, 0) is 6.92 Å². The van der Waals surface area contributed by atoms with E-state index in [9.17, 15) is 14.4 Å². The molecule has 0 unspecified atom stereocenters. The summed E-state index contributed by atoms with van der Waals surface area (Å²) >= 11 is 2.43. The van der Waals surface area contributed by atoms with Crippen molar-refractivity contribution in [2.75, 3.05) is 12.4 Å². The number of ether oxygens (including phenoxy) is 1. The molecule has 1 N–H and O–H groups in total. The van der Waals surface area contributed by atoms with Gasteiger partial charge in [-0.15, -0.1) is 11.8 Å². The van der Waals surface area contributed by atoms with Crippen molar-refractivity contribution in [3.8, 4) is 0 Å². The van der Waals surface area contributed by atoms with Crippen LogP contribution in [0.15, 0.2) is 9.93 Å². The average Bonchev–Trinajstić information content (AvgIpc) is 2.59. The molecule has 0 aromatic heterocycles. The summed E-state index contributed by atoms with van der Waals surface area (Å²) in [6, 6.07) is 0. The molecule has 98 valence electrons. The van der Waals surface area contributed by atoms with E-state index in [0.717, 1.165) is 11.8 Å². The van der Waals surface area contributed by atoms with E-state index >= 15 is 0 Å². The van der Waals surface area contributed by atoms with Gasteiger partial charge in [-0.25, -0.2) is 4.79 Å². The summed E-state index contributed by atoms with van der Waals surface area (Å²) in [5.41, 5.74) is -0.00412. The molecule has 1 saturated heterocycles. The van der Waals surface area contributed by atoms with Crippen LogP contribution in [0.3, 0.4) is 0 Å². The molecule has 0 aromatic carbocycles. The molecule has 2 aliphatic heterocycles. The van der Waals surface area contributed by atoms with Crippen molar-refractivity contribution in [1.82, 2.24) is 4.90 Å². The van der Waals surface area contributed by atoms with Crippen molar-refractivity contribution < 1.29 is 24.2 Å². The molecular weight excluding hydrogens is 278 g/mol. The Hall–Kier alpha value is -1.15. The molecule has 1 atom stereocenters. The average molecular weight is 289 g/mol. The third-order valence-corrected chi connectivity index (χ3v) is 4.95. The zero-order valence-corrected chi connectivity index (χ0v) is 11.2. The topological polar surface area (TPSA) is 83.9 Å². The smallest absolute Gasteiger partial charge is 0.354 e. The number of carboxylic acids is 1. The number of carbonyl (C=O) groups is 3. The van der Waals surface area contributed by atoms with Crippen LogP contribution in [0, 0.1) is 0 Å². The summed E-state index contributed by atoms with van der Waals surface area (Å²) in [5.74, 6) is -1.65. The minimum absolute atomic E-state index is 0.00412. The molecule has 2 rings (SSSR count). The highest BCUT2D eigenvalue weighted by Crippen LogP contribution is 2.50. The first-order valence-corrected chi connectivity index (χ1v) is 7.15. The maximum absolute atomic E-state index is 11.3. The predicted octanol–water partition coefficient (Wildman–Crippen LogP) is 0.842. The number of hydrogen-bond donors (Lipinski definition) is 1. The van der Waals surface area contributed by atoms with Gasteiger partial charge in [0, 0.05) is 0 Å². The molecule has 1 amide bonds. The third kappa shape index (κ3) is 2.35. The summed E-state index contributed by atoms with van der Waals surface area (Å²) in [7, 11) is 0. The molecule has 6 nitrogen and oxygen atoms in total. The number of hydrogen-bond acceptors (Lipinski definition) is 6. The molecule has 0 radical (unpaired) electrons. The van der Waals surface area contributed by atoms with Gasteiger partial charge in [0.05, 0.1) is 28.4 Å². The maximum atomic E-state index is 11.3. The van der Waals surface area contributed by atoms with Gasteiger partial charge in [0.25, 0.3) is 0 Å². The van der Waals surface area contributed by atoms with E-state index in [1.165, 1.54) is 16.7 Å². The number of fused-ring (bicyclic) bond motifs is 1. The lowest BCUT2D eigenvalue weighted by atomic mass is 10.2. The van der Waals surface area contributed by atoms with E-state index in [1.54, 1.807) is 6.92 Å². The van der Waals surface area contributed by atoms with Crippen LogP contribution in [-0.4, -0.2) is 45.6 Å². The third-order valence-electron chi connectivity index (χ3n) is 2.41. The van der Waals surface area contributed by atoms with Gasteiger partial charge in [0.15, 0.2) is 5.70 Å². The first kappa shape index (κ1) is 13.3. The zero-order chi connectivity index (χ0) is 13.3. The Balaban J connectivity index is 2.05. The Kier molecular flexibility index (Phi) is 3.86. The van der Waals surface area contributed by atoms with Gasteiger partial charge >= 0.3 is 11.9 Å². The molecule has 0 aromatic rings. The van der Waals surface area contributed by atoms with Gasteiger partial charge in [-0.1, -0.05) is 11.8 Å². The van der Waals surface area contributed by atoms with Gasteiger partial charge in [-0.2, -0.15) is 0 Å². The SMILES string of the molecule is CCOC(=O)CSC1=C(C(=O)O)N2C(=O)C[C@H]2S1. The summed E-state index contributed by atoms with van der Waals surface area (Å²) in [6.07, 6.45) is 0.352. The van der Waals surface area contributed by atoms with Crippen LogP contribution in [0.25, 0.3) is 0 Å². The first-order valence-electron chi connectivity index (χ1n) is 5.29. The van der Waals surface area contributed by atoms with Gasteiger partial charge < -0.3 is 9.84 Å². The Morgan fingerprint density at radius 3 is 2.89 bits per heavy atom. The minimum atomic E-state index is -1.13. The van der Waals surface area contributed by atoms with E-state index in [-0.39, 0.29) is 28.7 Å². The first-order chi connectivity index (χ1) is 8.54. The fourth-order valence-corrected chi connectivity index (χ4v) is 4.18. The van der Waals surface area contributed by atoms with Crippen molar-refractivity contribution in [2.45, 2.75) is 18.7 Å². The standard InChI is InChI=1S/C10H11NO5S2/c1-2-16-7(13)4-17-10-8(9(14)15)11-5(12)3-6(11)18-10/h6H,2-4H2,1H3,(H,14,15)/t6-/m1/s1. The number of rotatable bonds is 5. The summed E-state index contributed by atoms with van der Waals surface area (Å²) in [6.45, 7) is 2.00. The molecule has 2 heterocycles. The van der Waals surface area contributed by atoms with Crippen molar-refractivity contribution in [3.63, 3.8) is 0 Å². The van der Waals surface area contributed by atoms with Crippen LogP contribution in [0.5, 0.6) is 0 Å². The number of nitrogens with zero attached hydrogens (tertiary/aromatic N) is 1. The van der Waals surface area contributed by atoms with Crippen LogP contribution in [0.2, 0.25) is 0 Å². The molecule has 18 heavy (non-hydrogen) atoms. The van der Waals surface area contributed by atoms with Crippen LogP contribution >= 0.6 is 23.5 Å². The van der Waals surface area contributed by atoms with Gasteiger partial charge in [-0.3, -0.25) is 14.5 Å². The molecule has 8 heteroatoms. The van der Waals surface area contributed by atoms with Crippen LogP contribution in [0.1, 0.15) is 13.3 Å². The molecule has 0 bridgehead atoms. The Bertz CT molecular complexity index is 448. The van der Waals surface area contributed by atoms with Crippen LogP contribution < -0.4 is 0 Å². The monoisotopic (exact) mass is 289 g/mol. The quantitative estimate of drug-likeness (QED) is 0.593. The Labute approximate surface area is 112 Å². The molecule has 0 spiro atoms. The minimum Gasteiger partial charge on any atom is -0.477 e. The number of β-lactam (4-membered cyclic amide) rings is 1. The van der Waals surface area contributed by atoms with Gasteiger partial charge in [0.1, 0.15) is 0 Å². The molecule has 1 fully saturated rings. The molecular formula is C10H11NO5S2. The second kappa shape index (κ2) is 5.23. The summed E-state index contributed by atoms with van der Waals surface area (Å²) < 4.78 is 5.27. The highest BCUT2D eigenvalue weighted by molar-refractivity contribution is 8.23. The highest BCUT2D eigenvalue weighted by Gasteiger charge is 2.48. The Morgan fingerprint density at radius 2 is 2.33 bits per heavy atom. The summed E-state index contributed by atoms with van der Waals surface area (Å²) in [5, 5.41) is 8.98. The van der Waals surface area contributed by atoms with Crippen molar-refractivity contribution >= 4 is 41.4 Å². The predicted molar refractivity (Wildman–Crippen MR) is 66.6 cm³/mol. The second-order valence-corrected chi connectivity index (χ2v) is 6.01. The normalized spacial score (nSPS) is 21.7. The lowest BCUT2D eigenvalue weighted by molar-refractivity contribution is -0.145.